The van der Waals surface area contributed by atoms with Crippen molar-refractivity contribution in [2.45, 2.75) is 12.3 Å². The van der Waals surface area contributed by atoms with Gasteiger partial charge in [0.15, 0.2) is 0 Å². The Labute approximate surface area is 106 Å². The van der Waals surface area contributed by atoms with Gasteiger partial charge in [-0.2, -0.15) is 13.2 Å². The van der Waals surface area contributed by atoms with E-state index in [1.165, 1.54) is 24.5 Å². The molecule has 0 aliphatic heterocycles. The SMILES string of the molecule is OC(c1cccnc1)c1ccc(F)cc1C(F)(F)F. The molecular weight excluding hydrogens is 262 g/mol. The van der Waals surface area contributed by atoms with Crippen LogP contribution in [0, 0.1) is 5.82 Å². The highest BCUT2D eigenvalue weighted by atomic mass is 19.4. The molecule has 0 saturated carbocycles. The maximum Gasteiger partial charge on any atom is 0.416 e. The lowest BCUT2D eigenvalue weighted by Gasteiger charge is -2.17. The third-order valence-corrected chi connectivity index (χ3v) is 2.62. The Hall–Kier alpha value is -1.95. The lowest BCUT2D eigenvalue weighted by atomic mass is 9.97. The fourth-order valence-electron chi connectivity index (χ4n) is 1.73. The van der Waals surface area contributed by atoms with Gasteiger partial charge >= 0.3 is 6.18 Å². The fraction of sp³-hybridized carbons (Fsp3) is 0.154. The number of aromatic nitrogens is 1. The first-order valence-corrected chi connectivity index (χ1v) is 5.34. The molecule has 19 heavy (non-hydrogen) atoms. The van der Waals surface area contributed by atoms with Crippen molar-refractivity contribution in [2.75, 3.05) is 0 Å². The number of hydrogen-bond donors (Lipinski definition) is 1. The number of halogens is 4. The van der Waals surface area contributed by atoms with Gasteiger partial charge in [0.25, 0.3) is 0 Å². The zero-order valence-electron chi connectivity index (χ0n) is 9.53. The lowest BCUT2D eigenvalue weighted by molar-refractivity contribution is -0.139. The highest BCUT2D eigenvalue weighted by Gasteiger charge is 2.35. The van der Waals surface area contributed by atoms with E-state index in [1.54, 1.807) is 0 Å². The molecule has 2 nitrogen and oxygen atoms in total. The molecule has 2 aromatic rings. The van der Waals surface area contributed by atoms with Gasteiger partial charge in [-0.25, -0.2) is 4.39 Å². The largest absolute Gasteiger partial charge is 0.416 e. The predicted molar refractivity (Wildman–Crippen MR) is 59.7 cm³/mol. The van der Waals surface area contributed by atoms with Gasteiger partial charge < -0.3 is 5.11 Å². The molecule has 0 bridgehead atoms. The predicted octanol–water partition coefficient (Wildman–Crippen LogP) is 3.32. The van der Waals surface area contributed by atoms with E-state index in [-0.39, 0.29) is 5.56 Å². The zero-order valence-corrected chi connectivity index (χ0v) is 9.53. The van der Waals surface area contributed by atoms with Crippen molar-refractivity contribution >= 4 is 0 Å². The first-order chi connectivity index (χ1) is 8.89. The van der Waals surface area contributed by atoms with Crippen molar-refractivity contribution in [1.82, 2.24) is 4.98 Å². The summed E-state index contributed by atoms with van der Waals surface area (Å²) in [6.45, 7) is 0. The summed E-state index contributed by atoms with van der Waals surface area (Å²) in [6, 6.07) is 5.12. The molecule has 0 saturated heterocycles. The molecular formula is C13H9F4NO. The number of pyridine rings is 1. The number of nitrogens with zero attached hydrogens (tertiary/aromatic N) is 1. The van der Waals surface area contributed by atoms with Crippen molar-refractivity contribution in [3.05, 3.63) is 65.2 Å². The Kier molecular flexibility index (Phi) is 3.53. The number of benzene rings is 1. The summed E-state index contributed by atoms with van der Waals surface area (Å²) >= 11 is 0. The second-order valence-electron chi connectivity index (χ2n) is 3.92. The van der Waals surface area contributed by atoms with Crippen LogP contribution in [0.25, 0.3) is 0 Å². The van der Waals surface area contributed by atoms with Gasteiger partial charge in [0.1, 0.15) is 11.9 Å². The van der Waals surface area contributed by atoms with Crippen LogP contribution in [0.2, 0.25) is 0 Å². The topological polar surface area (TPSA) is 33.1 Å². The zero-order chi connectivity index (χ0) is 14.0. The van der Waals surface area contributed by atoms with Crippen LogP contribution in [-0.2, 0) is 6.18 Å². The molecule has 0 spiro atoms. The molecule has 0 amide bonds. The molecule has 0 aliphatic carbocycles. The van der Waals surface area contributed by atoms with Crippen LogP contribution in [0.15, 0.2) is 42.7 Å². The van der Waals surface area contributed by atoms with E-state index in [4.69, 9.17) is 0 Å². The second-order valence-corrected chi connectivity index (χ2v) is 3.92. The van der Waals surface area contributed by atoms with Crippen LogP contribution in [0.3, 0.4) is 0 Å². The smallest absolute Gasteiger partial charge is 0.384 e. The normalized spacial score (nSPS) is 13.3. The summed E-state index contributed by atoms with van der Waals surface area (Å²) in [6.07, 6.45) is -3.55. The van der Waals surface area contributed by atoms with E-state index in [0.29, 0.717) is 6.07 Å². The van der Waals surface area contributed by atoms with E-state index in [1.807, 2.05) is 0 Å². The Bertz CT molecular complexity index is 569. The average Bonchev–Trinajstić information content (AvgIpc) is 2.38. The van der Waals surface area contributed by atoms with Crippen LogP contribution in [0.5, 0.6) is 0 Å². The highest BCUT2D eigenvalue weighted by molar-refractivity contribution is 5.37. The third-order valence-electron chi connectivity index (χ3n) is 2.62. The molecule has 2 rings (SSSR count). The summed E-state index contributed by atoms with van der Waals surface area (Å²) in [5.41, 5.74) is -1.38. The molecule has 1 aromatic carbocycles. The molecule has 0 fully saturated rings. The second kappa shape index (κ2) is 4.97. The van der Waals surface area contributed by atoms with Crippen LogP contribution < -0.4 is 0 Å². The maximum atomic E-state index is 12.9. The van der Waals surface area contributed by atoms with Crippen LogP contribution in [0.4, 0.5) is 17.6 Å². The van der Waals surface area contributed by atoms with E-state index >= 15 is 0 Å². The van der Waals surface area contributed by atoms with Gasteiger partial charge in [-0.1, -0.05) is 12.1 Å². The number of aliphatic hydroxyl groups excluding tert-OH is 1. The van der Waals surface area contributed by atoms with E-state index in [0.717, 1.165) is 12.1 Å². The highest BCUT2D eigenvalue weighted by Crippen LogP contribution is 2.36. The van der Waals surface area contributed by atoms with Crippen molar-refractivity contribution in [1.29, 1.82) is 0 Å². The summed E-state index contributed by atoms with van der Waals surface area (Å²) in [5.74, 6) is -1.01. The Morgan fingerprint density at radius 1 is 1.16 bits per heavy atom. The van der Waals surface area contributed by atoms with Gasteiger partial charge in [0, 0.05) is 18.0 Å². The molecule has 0 radical (unpaired) electrons. The standard InChI is InChI=1S/C13H9F4NO/c14-9-3-4-10(11(6-9)13(15,16)17)12(19)8-2-1-5-18-7-8/h1-7,12,19H. The molecule has 1 N–H and O–H groups in total. The number of alkyl halides is 3. The lowest BCUT2D eigenvalue weighted by Crippen LogP contribution is -2.13. The fourth-order valence-corrected chi connectivity index (χ4v) is 1.73. The molecule has 6 heteroatoms. The van der Waals surface area contributed by atoms with Gasteiger partial charge in [0.05, 0.1) is 5.56 Å². The molecule has 100 valence electrons. The molecule has 1 heterocycles. The van der Waals surface area contributed by atoms with Crippen molar-refractivity contribution < 1.29 is 22.7 Å². The van der Waals surface area contributed by atoms with Crippen LogP contribution in [0.1, 0.15) is 22.8 Å². The van der Waals surface area contributed by atoms with Gasteiger partial charge in [-0.05, 0) is 23.8 Å². The quantitative estimate of drug-likeness (QED) is 0.850. The number of aliphatic hydroxyl groups is 1. The molecule has 1 atom stereocenters. The third kappa shape index (κ3) is 2.90. The first-order valence-electron chi connectivity index (χ1n) is 5.34. The first kappa shape index (κ1) is 13.5. The minimum Gasteiger partial charge on any atom is -0.384 e. The van der Waals surface area contributed by atoms with Crippen molar-refractivity contribution in [3.63, 3.8) is 0 Å². The van der Waals surface area contributed by atoms with Gasteiger partial charge in [-0.15, -0.1) is 0 Å². The minimum absolute atomic E-state index is 0.208. The van der Waals surface area contributed by atoms with Gasteiger partial charge in [0.2, 0.25) is 0 Å². The molecule has 1 unspecified atom stereocenters. The van der Waals surface area contributed by atoms with Crippen molar-refractivity contribution in [2.24, 2.45) is 0 Å². The monoisotopic (exact) mass is 271 g/mol. The number of hydrogen-bond acceptors (Lipinski definition) is 2. The van der Waals surface area contributed by atoms with Crippen molar-refractivity contribution in [3.8, 4) is 0 Å². The Balaban J connectivity index is 2.51. The summed E-state index contributed by atoms with van der Waals surface area (Å²) in [4.78, 5) is 3.73. The maximum absolute atomic E-state index is 12.9. The van der Waals surface area contributed by atoms with E-state index in [9.17, 15) is 22.7 Å². The minimum atomic E-state index is -4.74. The molecule has 0 aliphatic rings. The molecule has 1 aromatic heterocycles. The van der Waals surface area contributed by atoms with Gasteiger partial charge in [-0.3, -0.25) is 4.98 Å². The summed E-state index contributed by atoms with van der Waals surface area (Å²) < 4.78 is 51.4. The Morgan fingerprint density at radius 3 is 2.47 bits per heavy atom. The van der Waals surface area contributed by atoms with Crippen LogP contribution in [-0.4, -0.2) is 10.1 Å². The van der Waals surface area contributed by atoms with E-state index in [2.05, 4.69) is 4.98 Å². The number of rotatable bonds is 2. The van der Waals surface area contributed by atoms with Crippen LogP contribution >= 0.6 is 0 Å². The summed E-state index contributed by atoms with van der Waals surface area (Å²) in [5, 5.41) is 9.96. The summed E-state index contributed by atoms with van der Waals surface area (Å²) in [7, 11) is 0. The van der Waals surface area contributed by atoms with E-state index < -0.39 is 29.2 Å². The Morgan fingerprint density at radius 2 is 1.89 bits per heavy atom. The average molecular weight is 271 g/mol.